The molecule has 2 aromatic carbocycles. The maximum absolute atomic E-state index is 12.3. The maximum Gasteiger partial charge on any atom is 0.247 e. The van der Waals surface area contributed by atoms with E-state index < -0.39 is 0 Å². The van der Waals surface area contributed by atoms with Gasteiger partial charge in [-0.1, -0.05) is 37.1 Å². The predicted octanol–water partition coefficient (Wildman–Crippen LogP) is 5.23. The molecule has 3 rings (SSSR count). The van der Waals surface area contributed by atoms with E-state index in [0.717, 1.165) is 11.1 Å². The van der Waals surface area contributed by atoms with Crippen molar-refractivity contribution in [2.75, 3.05) is 11.9 Å². The fourth-order valence-corrected chi connectivity index (χ4v) is 4.04. The summed E-state index contributed by atoms with van der Waals surface area (Å²) in [5, 5.41) is 15.6. The molecular weight excluding hydrogens is 372 g/mol. The Morgan fingerprint density at radius 2 is 1.80 bits per heavy atom. The molecule has 0 bridgehead atoms. The molecule has 0 aromatic heterocycles. The van der Waals surface area contributed by atoms with Gasteiger partial charge in [-0.25, -0.2) is 0 Å². The van der Waals surface area contributed by atoms with Crippen LogP contribution in [0.25, 0.3) is 17.2 Å². The molecule has 1 fully saturated rings. The average Bonchev–Trinajstić information content (AvgIpc) is 3.24. The zero-order valence-electron chi connectivity index (χ0n) is 18.6. The Balaban J connectivity index is 1.77. The SMILES string of the molecule is C/C(=C\c1cc(C)c(-c2ccc(NC3CCCC3)cc2)cc1C)C(=O)N[C@H](C)CO. The van der Waals surface area contributed by atoms with Gasteiger partial charge in [0.05, 0.1) is 6.61 Å². The molecule has 1 aliphatic rings. The Morgan fingerprint density at radius 1 is 1.13 bits per heavy atom. The van der Waals surface area contributed by atoms with E-state index in [1.54, 1.807) is 13.8 Å². The van der Waals surface area contributed by atoms with Crippen molar-refractivity contribution in [1.82, 2.24) is 5.32 Å². The van der Waals surface area contributed by atoms with E-state index in [4.69, 9.17) is 5.11 Å². The highest BCUT2D eigenvalue weighted by Crippen LogP contribution is 2.29. The van der Waals surface area contributed by atoms with Gasteiger partial charge in [-0.3, -0.25) is 4.79 Å². The van der Waals surface area contributed by atoms with Crippen molar-refractivity contribution in [3.63, 3.8) is 0 Å². The number of aryl methyl sites for hydroxylation is 2. The second-order valence-electron chi connectivity index (χ2n) is 8.61. The van der Waals surface area contributed by atoms with Gasteiger partial charge < -0.3 is 15.7 Å². The van der Waals surface area contributed by atoms with E-state index in [1.807, 2.05) is 6.08 Å². The summed E-state index contributed by atoms with van der Waals surface area (Å²) < 4.78 is 0. The molecule has 0 aliphatic heterocycles. The van der Waals surface area contributed by atoms with Gasteiger partial charge in [0.15, 0.2) is 0 Å². The molecule has 30 heavy (non-hydrogen) atoms. The van der Waals surface area contributed by atoms with Crippen molar-refractivity contribution < 1.29 is 9.90 Å². The van der Waals surface area contributed by atoms with Crippen LogP contribution in [0.1, 0.15) is 56.2 Å². The van der Waals surface area contributed by atoms with Crippen LogP contribution in [0.5, 0.6) is 0 Å². The second kappa shape index (κ2) is 9.94. The van der Waals surface area contributed by atoms with E-state index in [9.17, 15) is 4.79 Å². The third kappa shape index (κ3) is 5.51. The van der Waals surface area contributed by atoms with Crippen LogP contribution < -0.4 is 10.6 Å². The largest absolute Gasteiger partial charge is 0.394 e. The molecule has 3 N–H and O–H groups in total. The highest BCUT2D eigenvalue weighted by molar-refractivity contribution is 5.97. The minimum atomic E-state index is -0.253. The predicted molar refractivity (Wildman–Crippen MR) is 126 cm³/mol. The Labute approximate surface area is 180 Å². The third-order valence-electron chi connectivity index (χ3n) is 5.92. The smallest absolute Gasteiger partial charge is 0.247 e. The van der Waals surface area contributed by atoms with E-state index in [2.05, 4.69) is 60.9 Å². The lowest BCUT2D eigenvalue weighted by atomic mass is 9.94. The number of aliphatic hydroxyl groups is 1. The monoisotopic (exact) mass is 406 g/mol. The van der Waals surface area contributed by atoms with Crippen LogP contribution in [0, 0.1) is 13.8 Å². The van der Waals surface area contributed by atoms with Crippen molar-refractivity contribution in [2.45, 2.75) is 65.5 Å². The van der Waals surface area contributed by atoms with Crippen LogP contribution in [0.4, 0.5) is 5.69 Å². The lowest BCUT2D eigenvalue weighted by Crippen LogP contribution is -2.35. The van der Waals surface area contributed by atoms with Crippen LogP contribution in [0.3, 0.4) is 0 Å². The maximum atomic E-state index is 12.3. The first kappa shape index (κ1) is 22.1. The number of nitrogens with one attached hydrogen (secondary N) is 2. The zero-order chi connectivity index (χ0) is 21.7. The summed E-state index contributed by atoms with van der Waals surface area (Å²) in [6.07, 6.45) is 7.12. The summed E-state index contributed by atoms with van der Waals surface area (Å²) in [5.74, 6) is -0.150. The minimum Gasteiger partial charge on any atom is -0.394 e. The second-order valence-corrected chi connectivity index (χ2v) is 8.61. The fraction of sp³-hybridized carbons (Fsp3) is 0.423. The summed E-state index contributed by atoms with van der Waals surface area (Å²) >= 11 is 0. The van der Waals surface area contributed by atoms with Gasteiger partial charge in [0.1, 0.15) is 0 Å². The molecule has 0 radical (unpaired) electrons. The molecule has 0 unspecified atom stereocenters. The number of benzene rings is 2. The first-order valence-electron chi connectivity index (χ1n) is 11.0. The van der Waals surface area contributed by atoms with E-state index in [0.29, 0.717) is 11.6 Å². The molecule has 1 saturated carbocycles. The first-order valence-corrected chi connectivity index (χ1v) is 11.0. The normalized spacial score (nSPS) is 15.8. The summed E-state index contributed by atoms with van der Waals surface area (Å²) in [6, 6.07) is 13.4. The molecule has 0 spiro atoms. The summed E-state index contributed by atoms with van der Waals surface area (Å²) in [5.41, 5.74) is 7.60. The molecule has 0 saturated heterocycles. The molecule has 0 heterocycles. The van der Waals surface area contributed by atoms with Gasteiger partial charge >= 0.3 is 0 Å². The highest BCUT2D eigenvalue weighted by atomic mass is 16.3. The molecule has 2 aromatic rings. The van der Waals surface area contributed by atoms with Gasteiger partial charge in [0.2, 0.25) is 5.91 Å². The summed E-state index contributed by atoms with van der Waals surface area (Å²) in [6.45, 7) is 7.70. The van der Waals surface area contributed by atoms with Crippen molar-refractivity contribution in [3.05, 3.63) is 58.7 Å². The van der Waals surface area contributed by atoms with Crippen LogP contribution in [0.15, 0.2) is 42.0 Å². The van der Waals surface area contributed by atoms with Crippen LogP contribution in [0.2, 0.25) is 0 Å². The quantitative estimate of drug-likeness (QED) is 0.552. The van der Waals surface area contributed by atoms with Gasteiger partial charge in [0.25, 0.3) is 0 Å². The molecular formula is C26H34N2O2. The Kier molecular flexibility index (Phi) is 7.33. The van der Waals surface area contributed by atoms with E-state index in [-0.39, 0.29) is 18.6 Å². The summed E-state index contributed by atoms with van der Waals surface area (Å²) in [7, 11) is 0. The van der Waals surface area contributed by atoms with Gasteiger partial charge in [-0.2, -0.15) is 0 Å². The number of hydrogen-bond acceptors (Lipinski definition) is 3. The Hall–Kier alpha value is -2.59. The number of hydrogen-bond donors (Lipinski definition) is 3. The van der Waals surface area contributed by atoms with E-state index >= 15 is 0 Å². The van der Waals surface area contributed by atoms with Crippen LogP contribution in [-0.2, 0) is 4.79 Å². The number of aliphatic hydroxyl groups excluding tert-OH is 1. The number of rotatable bonds is 7. The van der Waals surface area contributed by atoms with Crippen molar-refractivity contribution in [3.8, 4) is 11.1 Å². The van der Waals surface area contributed by atoms with Crippen molar-refractivity contribution in [2.24, 2.45) is 0 Å². The Morgan fingerprint density at radius 3 is 2.43 bits per heavy atom. The number of carbonyl (C=O) groups is 1. The van der Waals surface area contributed by atoms with E-state index in [1.165, 1.54) is 48.1 Å². The molecule has 1 atom stereocenters. The van der Waals surface area contributed by atoms with Crippen LogP contribution >= 0.6 is 0 Å². The minimum absolute atomic E-state index is 0.0686. The van der Waals surface area contributed by atoms with Crippen LogP contribution in [-0.4, -0.2) is 29.7 Å². The molecule has 4 nitrogen and oxygen atoms in total. The number of anilines is 1. The Bertz CT molecular complexity index is 909. The molecule has 1 aliphatic carbocycles. The lowest BCUT2D eigenvalue weighted by Gasteiger charge is -2.15. The fourth-order valence-electron chi connectivity index (χ4n) is 4.04. The molecule has 160 valence electrons. The molecule has 1 amide bonds. The number of amides is 1. The van der Waals surface area contributed by atoms with Gasteiger partial charge in [-0.15, -0.1) is 0 Å². The van der Waals surface area contributed by atoms with Crippen molar-refractivity contribution in [1.29, 1.82) is 0 Å². The zero-order valence-corrected chi connectivity index (χ0v) is 18.6. The molecule has 4 heteroatoms. The third-order valence-corrected chi connectivity index (χ3v) is 5.92. The number of carbonyl (C=O) groups excluding carboxylic acids is 1. The standard InChI is InChI=1S/C26H34N2O2/c1-17-15-25(21-9-11-24(12-10-21)28-23-7-5-6-8-23)18(2)13-22(17)14-19(3)26(30)27-20(4)16-29/h9-15,20,23,28-29H,5-8,16H2,1-4H3,(H,27,30)/b19-14+/t20-/m1/s1. The van der Waals surface area contributed by atoms with Gasteiger partial charge in [-0.05, 0) is 86.6 Å². The average molecular weight is 407 g/mol. The highest BCUT2D eigenvalue weighted by Gasteiger charge is 2.14. The first-order chi connectivity index (χ1) is 14.4. The van der Waals surface area contributed by atoms with Gasteiger partial charge in [0, 0.05) is 23.3 Å². The lowest BCUT2D eigenvalue weighted by molar-refractivity contribution is -0.118. The summed E-state index contributed by atoms with van der Waals surface area (Å²) in [4.78, 5) is 12.3. The van der Waals surface area contributed by atoms with Crippen molar-refractivity contribution >= 4 is 17.7 Å². The topological polar surface area (TPSA) is 61.4 Å².